The molecule has 0 aromatic heterocycles. The molecular formula is C18H22F2IN3O3. The number of nitrogens with zero attached hydrogens (tertiary/aromatic N) is 1. The predicted molar refractivity (Wildman–Crippen MR) is 112 cm³/mol. The molecule has 2 aromatic rings. The summed E-state index contributed by atoms with van der Waals surface area (Å²) < 4.78 is 39.7. The highest BCUT2D eigenvalue weighted by Gasteiger charge is 2.11. The van der Waals surface area contributed by atoms with Crippen LogP contribution in [0.1, 0.15) is 12.5 Å². The molecule has 0 fully saturated rings. The van der Waals surface area contributed by atoms with Crippen LogP contribution in [0.5, 0.6) is 17.2 Å². The Balaban J connectivity index is 0.00000364. The summed E-state index contributed by atoms with van der Waals surface area (Å²) in [6.45, 7) is -0.576. The van der Waals surface area contributed by atoms with Crippen LogP contribution in [0.4, 0.5) is 14.5 Å². The van der Waals surface area contributed by atoms with Crippen LogP contribution in [0.25, 0.3) is 0 Å². The molecule has 0 atom stereocenters. The SMILES string of the molecule is CCOc1cc(CN=C(N)Nc2ccc(OC)cc2)ccc1OC(F)F.I. The number of rotatable bonds is 8. The number of hydrogen-bond donors (Lipinski definition) is 2. The first-order chi connectivity index (χ1) is 12.5. The highest BCUT2D eigenvalue weighted by atomic mass is 127. The van der Waals surface area contributed by atoms with Gasteiger partial charge in [-0.05, 0) is 48.9 Å². The second-order valence-electron chi connectivity index (χ2n) is 5.15. The second kappa shape index (κ2) is 11.4. The maximum Gasteiger partial charge on any atom is 0.387 e. The number of ether oxygens (including phenoxy) is 3. The Hall–Kier alpha value is -2.30. The number of anilines is 1. The van der Waals surface area contributed by atoms with Gasteiger partial charge in [0.25, 0.3) is 0 Å². The van der Waals surface area contributed by atoms with Gasteiger partial charge in [-0.1, -0.05) is 6.07 Å². The first kappa shape index (κ1) is 22.7. The van der Waals surface area contributed by atoms with E-state index in [1.807, 2.05) is 12.1 Å². The average molecular weight is 493 g/mol. The summed E-state index contributed by atoms with van der Waals surface area (Å²) >= 11 is 0. The van der Waals surface area contributed by atoms with E-state index in [1.165, 1.54) is 6.07 Å². The fourth-order valence-electron chi connectivity index (χ4n) is 2.15. The molecule has 0 bridgehead atoms. The molecule has 0 unspecified atom stereocenters. The Morgan fingerprint density at radius 3 is 2.44 bits per heavy atom. The fraction of sp³-hybridized carbons (Fsp3) is 0.278. The van der Waals surface area contributed by atoms with Crippen molar-refractivity contribution in [1.82, 2.24) is 0 Å². The minimum absolute atomic E-state index is 0. The van der Waals surface area contributed by atoms with E-state index in [1.54, 1.807) is 38.3 Å². The predicted octanol–water partition coefficient (Wildman–Crippen LogP) is 4.24. The van der Waals surface area contributed by atoms with Crippen LogP contribution in [0, 0.1) is 0 Å². The third-order valence-electron chi connectivity index (χ3n) is 3.32. The first-order valence-electron chi connectivity index (χ1n) is 7.93. The van der Waals surface area contributed by atoms with Crippen molar-refractivity contribution in [3.8, 4) is 17.2 Å². The Bertz CT molecular complexity index is 743. The highest BCUT2D eigenvalue weighted by Crippen LogP contribution is 2.30. The van der Waals surface area contributed by atoms with Gasteiger partial charge in [0.05, 0.1) is 20.3 Å². The molecular weight excluding hydrogens is 471 g/mol. The molecule has 9 heteroatoms. The molecule has 2 aromatic carbocycles. The first-order valence-corrected chi connectivity index (χ1v) is 7.93. The molecule has 3 N–H and O–H groups in total. The van der Waals surface area contributed by atoms with Gasteiger partial charge in [-0.25, -0.2) is 4.99 Å². The summed E-state index contributed by atoms with van der Waals surface area (Å²) in [5.41, 5.74) is 7.38. The number of benzene rings is 2. The van der Waals surface area contributed by atoms with Crippen LogP contribution < -0.4 is 25.3 Å². The lowest BCUT2D eigenvalue weighted by Crippen LogP contribution is -2.22. The summed E-state index contributed by atoms with van der Waals surface area (Å²) in [7, 11) is 1.59. The van der Waals surface area contributed by atoms with Gasteiger partial charge in [0, 0.05) is 5.69 Å². The van der Waals surface area contributed by atoms with E-state index in [0.717, 1.165) is 17.0 Å². The van der Waals surface area contributed by atoms with Gasteiger partial charge < -0.3 is 25.3 Å². The van der Waals surface area contributed by atoms with Gasteiger partial charge in [0.2, 0.25) is 0 Å². The molecule has 0 heterocycles. The monoisotopic (exact) mass is 493 g/mol. The molecule has 0 spiro atoms. The molecule has 27 heavy (non-hydrogen) atoms. The number of alkyl halides is 2. The number of methoxy groups -OCH3 is 1. The third-order valence-corrected chi connectivity index (χ3v) is 3.32. The van der Waals surface area contributed by atoms with Gasteiger partial charge >= 0.3 is 6.61 Å². The summed E-state index contributed by atoms with van der Waals surface area (Å²) in [5.74, 6) is 1.18. The smallest absolute Gasteiger partial charge is 0.387 e. The van der Waals surface area contributed by atoms with E-state index in [0.29, 0.717) is 6.61 Å². The quantitative estimate of drug-likeness (QED) is 0.327. The van der Waals surface area contributed by atoms with E-state index >= 15 is 0 Å². The van der Waals surface area contributed by atoms with Crippen molar-refractivity contribution >= 4 is 35.6 Å². The Morgan fingerprint density at radius 2 is 1.85 bits per heavy atom. The lowest BCUT2D eigenvalue weighted by molar-refractivity contribution is -0.0514. The molecule has 6 nitrogen and oxygen atoms in total. The van der Waals surface area contributed by atoms with Crippen LogP contribution in [-0.2, 0) is 6.54 Å². The minimum atomic E-state index is -2.91. The molecule has 2 rings (SSSR count). The molecule has 0 aliphatic rings. The van der Waals surface area contributed by atoms with E-state index in [9.17, 15) is 8.78 Å². The lowest BCUT2D eigenvalue weighted by Gasteiger charge is -2.12. The molecule has 0 radical (unpaired) electrons. The molecule has 0 amide bonds. The summed E-state index contributed by atoms with van der Waals surface area (Å²) in [6, 6.07) is 11.9. The van der Waals surface area contributed by atoms with Gasteiger partial charge in [0.15, 0.2) is 17.5 Å². The summed E-state index contributed by atoms with van der Waals surface area (Å²) in [6.07, 6.45) is 0. The highest BCUT2D eigenvalue weighted by molar-refractivity contribution is 14.0. The molecule has 0 saturated heterocycles. The minimum Gasteiger partial charge on any atom is -0.497 e. The second-order valence-corrected chi connectivity index (χ2v) is 5.15. The Labute approximate surface area is 173 Å². The number of halogens is 3. The van der Waals surface area contributed by atoms with Crippen molar-refractivity contribution < 1.29 is 23.0 Å². The average Bonchev–Trinajstić information content (AvgIpc) is 2.62. The number of nitrogens with two attached hydrogens (primary N) is 1. The topological polar surface area (TPSA) is 78.1 Å². The number of aliphatic imine (C=N–C) groups is 1. The molecule has 0 aliphatic heterocycles. The van der Waals surface area contributed by atoms with Crippen LogP contribution in [0.15, 0.2) is 47.5 Å². The van der Waals surface area contributed by atoms with Crippen molar-refractivity contribution in [1.29, 1.82) is 0 Å². The number of hydrogen-bond acceptors (Lipinski definition) is 4. The Morgan fingerprint density at radius 1 is 1.15 bits per heavy atom. The number of guanidine groups is 1. The van der Waals surface area contributed by atoms with E-state index in [2.05, 4.69) is 15.0 Å². The van der Waals surface area contributed by atoms with E-state index < -0.39 is 6.61 Å². The zero-order valence-electron chi connectivity index (χ0n) is 14.9. The van der Waals surface area contributed by atoms with Crippen LogP contribution in [0.2, 0.25) is 0 Å². The lowest BCUT2D eigenvalue weighted by atomic mass is 10.2. The van der Waals surface area contributed by atoms with Crippen molar-refractivity contribution in [2.24, 2.45) is 10.7 Å². The van der Waals surface area contributed by atoms with Crippen LogP contribution in [0.3, 0.4) is 0 Å². The van der Waals surface area contributed by atoms with Crippen molar-refractivity contribution in [2.75, 3.05) is 19.0 Å². The standard InChI is InChI=1S/C18H21F2N3O3.HI/c1-3-25-16-10-12(4-9-15(16)26-17(19)20)11-22-18(21)23-13-5-7-14(24-2)8-6-13;/h4-10,17H,3,11H2,1-2H3,(H3,21,22,23);1H. The van der Waals surface area contributed by atoms with Gasteiger partial charge in [-0.3, -0.25) is 0 Å². The number of nitrogens with one attached hydrogen (secondary N) is 1. The van der Waals surface area contributed by atoms with Crippen molar-refractivity contribution in [3.63, 3.8) is 0 Å². The van der Waals surface area contributed by atoms with Gasteiger partial charge in [-0.2, -0.15) is 8.78 Å². The van der Waals surface area contributed by atoms with Crippen LogP contribution in [-0.4, -0.2) is 26.3 Å². The maximum atomic E-state index is 12.4. The summed E-state index contributed by atoms with van der Waals surface area (Å²) in [5, 5.41) is 2.96. The molecule has 148 valence electrons. The normalized spacial score (nSPS) is 10.9. The largest absolute Gasteiger partial charge is 0.497 e. The van der Waals surface area contributed by atoms with Gasteiger partial charge in [0.1, 0.15) is 5.75 Å². The summed E-state index contributed by atoms with van der Waals surface area (Å²) in [4.78, 5) is 4.23. The van der Waals surface area contributed by atoms with E-state index in [4.69, 9.17) is 15.2 Å². The molecule has 0 aliphatic carbocycles. The van der Waals surface area contributed by atoms with Gasteiger partial charge in [-0.15, -0.1) is 24.0 Å². The van der Waals surface area contributed by atoms with Crippen LogP contribution >= 0.6 is 24.0 Å². The third kappa shape index (κ3) is 7.45. The van der Waals surface area contributed by atoms with E-state index in [-0.39, 0.29) is 48.0 Å². The zero-order valence-corrected chi connectivity index (χ0v) is 17.3. The fourth-order valence-corrected chi connectivity index (χ4v) is 2.15. The Kier molecular flexibility index (Phi) is 9.62. The van der Waals surface area contributed by atoms with Crippen molar-refractivity contribution in [3.05, 3.63) is 48.0 Å². The zero-order chi connectivity index (χ0) is 18.9. The maximum absolute atomic E-state index is 12.4. The van der Waals surface area contributed by atoms with Crippen molar-refractivity contribution in [2.45, 2.75) is 20.1 Å². The molecule has 0 saturated carbocycles.